The van der Waals surface area contributed by atoms with E-state index in [1.807, 2.05) is 19.1 Å². The highest BCUT2D eigenvalue weighted by molar-refractivity contribution is 9.10. The van der Waals surface area contributed by atoms with Crippen LogP contribution >= 0.6 is 27.3 Å². The predicted molar refractivity (Wildman–Crippen MR) is 79.2 cm³/mol. The standard InChI is InChI=1S/C13H15BrN2OS/c1-2-17-10-6-3-9(4-7-10)5-8-11-12(14)16-13(15)18-11/h3-4,6-7H,2,5,8H2,1H3,(H2,15,16). The molecule has 3 nitrogen and oxygen atoms in total. The van der Waals surface area contributed by atoms with E-state index in [4.69, 9.17) is 10.5 Å². The average molecular weight is 327 g/mol. The number of halogens is 1. The molecule has 18 heavy (non-hydrogen) atoms. The van der Waals surface area contributed by atoms with Gasteiger partial charge in [-0.05, 0) is 53.4 Å². The zero-order valence-corrected chi connectivity index (χ0v) is 12.6. The fourth-order valence-corrected chi connectivity index (χ4v) is 3.15. The Morgan fingerprint density at radius 3 is 2.56 bits per heavy atom. The molecule has 0 atom stereocenters. The van der Waals surface area contributed by atoms with Gasteiger partial charge in [-0.2, -0.15) is 0 Å². The largest absolute Gasteiger partial charge is 0.494 e. The van der Waals surface area contributed by atoms with Crippen molar-refractivity contribution in [1.82, 2.24) is 4.98 Å². The first-order valence-corrected chi connectivity index (χ1v) is 7.42. The average Bonchev–Trinajstić information content (AvgIpc) is 2.67. The van der Waals surface area contributed by atoms with Gasteiger partial charge >= 0.3 is 0 Å². The normalized spacial score (nSPS) is 10.6. The van der Waals surface area contributed by atoms with Gasteiger partial charge in [0.2, 0.25) is 0 Å². The summed E-state index contributed by atoms with van der Waals surface area (Å²) >= 11 is 4.96. The summed E-state index contributed by atoms with van der Waals surface area (Å²) in [5.41, 5.74) is 6.95. The fraction of sp³-hybridized carbons (Fsp3) is 0.308. The summed E-state index contributed by atoms with van der Waals surface area (Å²) < 4.78 is 6.29. The van der Waals surface area contributed by atoms with Crippen molar-refractivity contribution in [2.45, 2.75) is 19.8 Å². The third-order valence-electron chi connectivity index (χ3n) is 2.54. The Kier molecular flexibility index (Phi) is 4.60. The Balaban J connectivity index is 1.95. The second kappa shape index (κ2) is 6.20. The number of aromatic nitrogens is 1. The molecule has 0 radical (unpaired) electrons. The second-order valence-electron chi connectivity index (χ2n) is 3.84. The van der Waals surface area contributed by atoms with Crippen LogP contribution in [0.25, 0.3) is 0 Å². The molecule has 2 rings (SSSR count). The Bertz CT molecular complexity index is 510. The van der Waals surface area contributed by atoms with E-state index in [9.17, 15) is 0 Å². The topological polar surface area (TPSA) is 48.1 Å². The number of nitrogens with zero attached hydrogens (tertiary/aromatic N) is 1. The van der Waals surface area contributed by atoms with E-state index < -0.39 is 0 Å². The number of ether oxygens (including phenoxy) is 1. The minimum Gasteiger partial charge on any atom is -0.494 e. The molecule has 0 spiro atoms. The second-order valence-corrected chi connectivity index (χ2v) is 5.71. The van der Waals surface area contributed by atoms with Crippen LogP contribution in [-0.2, 0) is 12.8 Å². The summed E-state index contributed by atoms with van der Waals surface area (Å²) in [6.45, 7) is 2.69. The maximum atomic E-state index is 5.66. The quantitative estimate of drug-likeness (QED) is 0.911. The lowest BCUT2D eigenvalue weighted by Crippen LogP contribution is -1.93. The lowest BCUT2D eigenvalue weighted by molar-refractivity contribution is 0.340. The smallest absolute Gasteiger partial charge is 0.181 e. The molecule has 1 aromatic carbocycles. The Labute approximate surface area is 119 Å². The van der Waals surface area contributed by atoms with Crippen molar-refractivity contribution >= 4 is 32.4 Å². The van der Waals surface area contributed by atoms with E-state index in [0.29, 0.717) is 11.7 Å². The highest BCUT2D eigenvalue weighted by Crippen LogP contribution is 2.26. The third-order valence-corrected chi connectivity index (χ3v) is 4.40. The van der Waals surface area contributed by atoms with E-state index in [1.54, 1.807) is 0 Å². The number of nitrogens with two attached hydrogens (primary N) is 1. The first kappa shape index (κ1) is 13.4. The zero-order chi connectivity index (χ0) is 13.0. The van der Waals surface area contributed by atoms with Gasteiger partial charge < -0.3 is 10.5 Å². The maximum Gasteiger partial charge on any atom is 0.181 e. The van der Waals surface area contributed by atoms with Crippen LogP contribution in [0.2, 0.25) is 0 Å². The summed E-state index contributed by atoms with van der Waals surface area (Å²) in [5, 5.41) is 0.614. The predicted octanol–water partition coefficient (Wildman–Crippen LogP) is 3.67. The van der Waals surface area contributed by atoms with Crippen LogP contribution in [0.1, 0.15) is 17.4 Å². The molecular formula is C13H15BrN2OS. The summed E-state index contributed by atoms with van der Waals surface area (Å²) in [6, 6.07) is 8.22. The van der Waals surface area contributed by atoms with Gasteiger partial charge in [0, 0.05) is 4.88 Å². The number of hydrogen-bond donors (Lipinski definition) is 1. The van der Waals surface area contributed by atoms with Gasteiger partial charge in [0.05, 0.1) is 6.61 Å². The van der Waals surface area contributed by atoms with Crippen LogP contribution in [-0.4, -0.2) is 11.6 Å². The van der Waals surface area contributed by atoms with Gasteiger partial charge in [-0.3, -0.25) is 0 Å². The monoisotopic (exact) mass is 326 g/mol. The first-order chi connectivity index (χ1) is 8.69. The summed E-state index contributed by atoms with van der Waals surface area (Å²) in [5.74, 6) is 0.921. The van der Waals surface area contributed by atoms with Crippen LogP contribution in [0.3, 0.4) is 0 Å². The Morgan fingerprint density at radius 2 is 2.00 bits per heavy atom. The van der Waals surface area contributed by atoms with Crippen LogP contribution in [0.15, 0.2) is 28.9 Å². The number of nitrogen functional groups attached to an aromatic ring is 1. The zero-order valence-electron chi connectivity index (χ0n) is 10.1. The van der Waals surface area contributed by atoms with Crippen molar-refractivity contribution < 1.29 is 4.74 Å². The van der Waals surface area contributed by atoms with Crippen LogP contribution in [0.5, 0.6) is 5.75 Å². The molecule has 1 aromatic heterocycles. The summed E-state index contributed by atoms with van der Waals surface area (Å²) in [6.07, 6.45) is 1.93. The van der Waals surface area contributed by atoms with Crippen molar-refractivity contribution in [1.29, 1.82) is 0 Å². The van der Waals surface area contributed by atoms with Crippen LogP contribution < -0.4 is 10.5 Å². The molecule has 5 heteroatoms. The molecule has 0 aliphatic rings. The van der Waals surface area contributed by atoms with Crippen molar-refractivity contribution in [3.8, 4) is 5.75 Å². The SMILES string of the molecule is CCOc1ccc(CCc2sc(N)nc2Br)cc1. The molecule has 1 heterocycles. The molecule has 0 saturated carbocycles. The minimum atomic E-state index is 0.614. The fourth-order valence-electron chi connectivity index (χ4n) is 1.68. The highest BCUT2D eigenvalue weighted by Gasteiger charge is 2.06. The molecule has 2 N–H and O–H groups in total. The van der Waals surface area contributed by atoms with E-state index in [1.165, 1.54) is 21.8 Å². The van der Waals surface area contributed by atoms with E-state index in [-0.39, 0.29) is 0 Å². The van der Waals surface area contributed by atoms with E-state index >= 15 is 0 Å². The molecule has 0 unspecified atom stereocenters. The van der Waals surface area contributed by atoms with Gasteiger partial charge in [-0.15, -0.1) is 11.3 Å². The summed E-state index contributed by atoms with van der Waals surface area (Å²) in [7, 11) is 0. The van der Waals surface area contributed by atoms with Crippen molar-refractivity contribution in [3.63, 3.8) is 0 Å². The van der Waals surface area contributed by atoms with Crippen molar-refractivity contribution in [3.05, 3.63) is 39.3 Å². The number of anilines is 1. The van der Waals surface area contributed by atoms with Crippen LogP contribution in [0.4, 0.5) is 5.13 Å². The summed E-state index contributed by atoms with van der Waals surface area (Å²) in [4.78, 5) is 5.35. The molecular weight excluding hydrogens is 312 g/mol. The van der Waals surface area contributed by atoms with Gasteiger partial charge in [-0.1, -0.05) is 12.1 Å². The number of rotatable bonds is 5. The van der Waals surface area contributed by atoms with Crippen molar-refractivity contribution in [2.24, 2.45) is 0 Å². The van der Waals surface area contributed by atoms with Crippen molar-refractivity contribution in [2.75, 3.05) is 12.3 Å². The van der Waals surface area contributed by atoms with Gasteiger partial charge in [-0.25, -0.2) is 4.98 Å². The number of benzene rings is 1. The molecule has 0 amide bonds. The lowest BCUT2D eigenvalue weighted by atomic mass is 10.1. The molecule has 0 bridgehead atoms. The maximum absolute atomic E-state index is 5.66. The number of aryl methyl sites for hydroxylation is 2. The molecule has 0 aliphatic carbocycles. The van der Waals surface area contributed by atoms with E-state index in [0.717, 1.165) is 23.2 Å². The Hall–Kier alpha value is -1.07. The number of hydrogen-bond acceptors (Lipinski definition) is 4. The molecule has 96 valence electrons. The molecule has 0 aliphatic heterocycles. The highest BCUT2D eigenvalue weighted by atomic mass is 79.9. The van der Waals surface area contributed by atoms with Gasteiger partial charge in [0.25, 0.3) is 0 Å². The van der Waals surface area contributed by atoms with Gasteiger partial charge in [0.1, 0.15) is 10.4 Å². The van der Waals surface area contributed by atoms with Gasteiger partial charge in [0.15, 0.2) is 5.13 Å². The first-order valence-electron chi connectivity index (χ1n) is 5.81. The molecule has 0 saturated heterocycles. The van der Waals surface area contributed by atoms with Crippen LogP contribution in [0, 0.1) is 0 Å². The number of thiazole rings is 1. The molecule has 2 aromatic rings. The lowest BCUT2D eigenvalue weighted by Gasteiger charge is -2.04. The Morgan fingerprint density at radius 1 is 1.28 bits per heavy atom. The minimum absolute atomic E-state index is 0.614. The van der Waals surface area contributed by atoms with E-state index in [2.05, 4.69) is 33.0 Å². The molecule has 0 fully saturated rings. The third kappa shape index (κ3) is 3.46.